The SMILES string of the molecule is CCCNc1cc(N(CC)CCC#N)nc(COCC)n1. The lowest BCUT2D eigenvalue weighted by atomic mass is 10.3. The second-order valence-electron chi connectivity index (χ2n) is 4.58. The highest BCUT2D eigenvalue weighted by atomic mass is 16.5. The van der Waals surface area contributed by atoms with E-state index in [1.54, 1.807) is 0 Å². The molecular formula is C15H25N5O. The van der Waals surface area contributed by atoms with Gasteiger partial charge in [0, 0.05) is 32.3 Å². The molecule has 0 aliphatic rings. The molecule has 6 nitrogen and oxygen atoms in total. The highest BCUT2D eigenvalue weighted by molar-refractivity contribution is 5.49. The molecule has 116 valence electrons. The standard InChI is InChI=1S/C15H25N5O/c1-4-9-17-13-11-15(20(5-2)10-7-8-16)19-14(18-13)12-21-6-3/h11H,4-7,9-10,12H2,1-3H3,(H,17,18,19). The van der Waals surface area contributed by atoms with Gasteiger partial charge in [-0.05, 0) is 20.3 Å². The Balaban J connectivity index is 2.95. The fourth-order valence-electron chi connectivity index (χ4n) is 1.87. The molecule has 0 bridgehead atoms. The molecule has 1 N–H and O–H groups in total. The third-order valence-corrected chi connectivity index (χ3v) is 2.95. The first-order valence-corrected chi connectivity index (χ1v) is 7.56. The second kappa shape index (κ2) is 9.94. The van der Waals surface area contributed by atoms with Crippen LogP contribution in [0.4, 0.5) is 11.6 Å². The summed E-state index contributed by atoms with van der Waals surface area (Å²) in [5, 5.41) is 12.0. The molecule has 1 heterocycles. The van der Waals surface area contributed by atoms with E-state index in [1.807, 2.05) is 13.0 Å². The maximum Gasteiger partial charge on any atom is 0.158 e. The van der Waals surface area contributed by atoms with Crippen molar-refractivity contribution in [2.75, 3.05) is 36.5 Å². The summed E-state index contributed by atoms with van der Waals surface area (Å²) >= 11 is 0. The van der Waals surface area contributed by atoms with E-state index >= 15 is 0 Å². The Morgan fingerprint density at radius 2 is 2.14 bits per heavy atom. The van der Waals surface area contributed by atoms with Crippen LogP contribution in [0.2, 0.25) is 0 Å². The van der Waals surface area contributed by atoms with Crippen LogP contribution in [0.5, 0.6) is 0 Å². The minimum atomic E-state index is 0.404. The van der Waals surface area contributed by atoms with Crippen LogP contribution in [0.25, 0.3) is 0 Å². The van der Waals surface area contributed by atoms with Crippen molar-refractivity contribution in [1.29, 1.82) is 5.26 Å². The van der Waals surface area contributed by atoms with Crippen molar-refractivity contribution >= 4 is 11.6 Å². The van der Waals surface area contributed by atoms with Gasteiger partial charge in [-0.15, -0.1) is 0 Å². The molecule has 21 heavy (non-hydrogen) atoms. The van der Waals surface area contributed by atoms with Crippen molar-refractivity contribution in [2.24, 2.45) is 0 Å². The molecule has 1 aromatic heterocycles. The minimum absolute atomic E-state index is 0.404. The maximum absolute atomic E-state index is 8.76. The fraction of sp³-hybridized carbons (Fsp3) is 0.667. The van der Waals surface area contributed by atoms with Crippen LogP contribution in [0.3, 0.4) is 0 Å². The average Bonchev–Trinajstić information content (AvgIpc) is 2.51. The molecular weight excluding hydrogens is 266 g/mol. The zero-order valence-electron chi connectivity index (χ0n) is 13.2. The molecule has 1 aromatic rings. The molecule has 0 aliphatic heterocycles. The van der Waals surface area contributed by atoms with Gasteiger partial charge in [-0.3, -0.25) is 0 Å². The van der Waals surface area contributed by atoms with Crippen LogP contribution >= 0.6 is 0 Å². The van der Waals surface area contributed by atoms with Crippen molar-refractivity contribution in [3.05, 3.63) is 11.9 Å². The molecule has 0 aromatic carbocycles. The highest BCUT2D eigenvalue weighted by Crippen LogP contribution is 2.17. The summed E-state index contributed by atoms with van der Waals surface area (Å²) < 4.78 is 5.40. The van der Waals surface area contributed by atoms with Gasteiger partial charge in [-0.2, -0.15) is 5.26 Å². The summed E-state index contributed by atoms with van der Waals surface area (Å²) in [5.74, 6) is 2.33. The first-order chi connectivity index (χ1) is 10.2. The van der Waals surface area contributed by atoms with E-state index in [9.17, 15) is 0 Å². The lowest BCUT2D eigenvalue weighted by molar-refractivity contribution is 0.128. The molecule has 0 aliphatic carbocycles. The topological polar surface area (TPSA) is 74.1 Å². The van der Waals surface area contributed by atoms with E-state index in [-0.39, 0.29) is 0 Å². The Hall–Kier alpha value is -1.87. The number of rotatable bonds is 10. The summed E-state index contributed by atoms with van der Waals surface area (Å²) in [6.45, 7) is 9.51. The molecule has 0 saturated heterocycles. The Kier molecular flexibility index (Phi) is 8.14. The number of nitriles is 1. The maximum atomic E-state index is 8.76. The largest absolute Gasteiger partial charge is 0.374 e. The Morgan fingerprint density at radius 1 is 1.33 bits per heavy atom. The molecule has 1 rings (SSSR count). The van der Waals surface area contributed by atoms with E-state index in [0.717, 1.165) is 31.1 Å². The van der Waals surface area contributed by atoms with Gasteiger partial charge in [0.05, 0.1) is 12.5 Å². The third kappa shape index (κ3) is 5.96. The van der Waals surface area contributed by atoms with E-state index in [2.05, 4.69) is 40.1 Å². The normalized spacial score (nSPS) is 10.2. The van der Waals surface area contributed by atoms with Gasteiger partial charge in [0.15, 0.2) is 5.82 Å². The Morgan fingerprint density at radius 3 is 2.76 bits per heavy atom. The Bertz CT molecular complexity index is 432. The number of anilines is 2. The quantitative estimate of drug-likeness (QED) is 0.714. The van der Waals surface area contributed by atoms with Crippen LogP contribution in [0.15, 0.2) is 6.07 Å². The van der Waals surface area contributed by atoms with E-state index in [4.69, 9.17) is 10.00 Å². The average molecular weight is 291 g/mol. The summed E-state index contributed by atoms with van der Waals surface area (Å²) in [7, 11) is 0. The van der Waals surface area contributed by atoms with Gasteiger partial charge in [0.2, 0.25) is 0 Å². The van der Waals surface area contributed by atoms with Crippen molar-refractivity contribution in [3.63, 3.8) is 0 Å². The van der Waals surface area contributed by atoms with Crippen LogP contribution < -0.4 is 10.2 Å². The molecule has 0 fully saturated rings. The van der Waals surface area contributed by atoms with Gasteiger partial charge < -0.3 is 15.0 Å². The number of aromatic nitrogens is 2. The summed E-state index contributed by atoms with van der Waals surface area (Å²) in [6.07, 6.45) is 1.52. The lowest BCUT2D eigenvalue weighted by Crippen LogP contribution is -2.25. The van der Waals surface area contributed by atoms with Crippen molar-refractivity contribution < 1.29 is 4.74 Å². The number of nitrogens with one attached hydrogen (secondary N) is 1. The fourth-order valence-corrected chi connectivity index (χ4v) is 1.87. The predicted molar refractivity (Wildman–Crippen MR) is 84.3 cm³/mol. The first-order valence-electron chi connectivity index (χ1n) is 7.56. The van der Waals surface area contributed by atoms with E-state index in [1.165, 1.54) is 0 Å². The van der Waals surface area contributed by atoms with Gasteiger partial charge in [0.25, 0.3) is 0 Å². The summed E-state index contributed by atoms with van der Waals surface area (Å²) in [6, 6.07) is 4.11. The third-order valence-electron chi connectivity index (χ3n) is 2.95. The minimum Gasteiger partial charge on any atom is -0.374 e. The van der Waals surface area contributed by atoms with Crippen molar-refractivity contribution in [1.82, 2.24) is 9.97 Å². The lowest BCUT2D eigenvalue weighted by Gasteiger charge is -2.22. The summed E-state index contributed by atoms with van der Waals surface area (Å²) in [5.41, 5.74) is 0. The van der Waals surface area contributed by atoms with Crippen LogP contribution in [0, 0.1) is 11.3 Å². The zero-order valence-corrected chi connectivity index (χ0v) is 13.2. The van der Waals surface area contributed by atoms with Gasteiger partial charge in [-0.1, -0.05) is 6.92 Å². The Labute approximate surface area is 127 Å². The molecule has 6 heteroatoms. The highest BCUT2D eigenvalue weighted by Gasteiger charge is 2.10. The number of ether oxygens (including phenoxy) is 1. The van der Waals surface area contributed by atoms with Crippen LogP contribution in [-0.2, 0) is 11.3 Å². The number of hydrogen-bond acceptors (Lipinski definition) is 6. The van der Waals surface area contributed by atoms with Gasteiger partial charge in [-0.25, -0.2) is 9.97 Å². The van der Waals surface area contributed by atoms with Crippen LogP contribution in [-0.4, -0.2) is 36.2 Å². The van der Waals surface area contributed by atoms with Crippen LogP contribution in [0.1, 0.15) is 39.4 Å². The predicted octanol–water partition coefficient (Wildman–Crippen LogP) is 2.57. The first kappa shape index (κ1) is 17.2. The monoisotopic (exact) mass is 291 g/mol. The van der Waals surface area contributed by atoms with E-state index in [0.29, 0.717) is 32.0 Å². The second-order valence-corrected chi connectivity index (χ2v) is 4.58. The van der Waals surface area contributed by atoms with Gasteiger partial charge >= 0.3 is 0 Å². The molecule has 0 atom stereocenters. The molecule has 0 saturated carbocycles. The molecule has 0 radical (unpaired) electrons. The van der Waals surface area contributed by atoms with Gasteiger partial charge in [0.1, 0.15) is 18.2 Å². The number of nitrogens with zero attached hydrogens (tertiary/aromatic N) is 4. The molecule has 0 spiro atoms. The smallest absolute Gasteiger partial charge is 0.158 e. The number of hydrogen-bond donors (Lipinski definition) is 1. The van der Waals surface area contributed by atoms with Crippen molar-refractivity contribution in [2.45, 2.75) is 40.2 Å². The summed E-state index contributed by atoms with van der Waals surface area (Å²) in [4.78, 5) is 11.1. The van der Waals surface area contributed by atoms with Crippen molar-refractivity contribution in [3.8, 4) is 6.07 Å². The van der Waals surface area contributed by atoms with E-state index < -0.39 is 0 Å². The molecule has 0 amide bonds. The molecule has 0 unspecified atom stereocenters. The zero-order chi connectivity index (χ0) is 15.5.